The second-order valence-corrected chi connectivity index (χ2v) is 4.82. The Kier molecular flexibility index (Phi) is 3.49. The average molecular weight is 293 g/mol. The van der Waals surface area contributed by atoms with E-state index in [4.69, 9.17) is 11.5 Å². The van der Waals surface area contributed by atoms with E-state index >= 15 is 0 Å². The summed E-state index contributed by atoms with van der Waals surface area (Å²) in [5, 5.41) is 4.11. The number of anilines is 3. The highest BCUT2D eigenvalue weighted by molar-refractivity contribution is 5.94. The van der Waals surface area contributed by atoms with Crippen molar-refractivity contribution in [3.63, 3.8) is 0 Å². The number of fused-ring (bicyclic) bond motifs is 1. The highest BCUT2D eigenvalue weighted by Gasteiger charge is 2.04. The minimum atomic E-state index is -0.484. The molecule has 6 nitrogen and oxygen atoms in total. The molecule has 0 unspecified atom stereocenters. The fourth-order valence-electron chi connectivity index (χ4n) is 2.17. The summed E-state index contributed by atoms with van der Waals surface area (Å²) in [4.78, 5) is 18.4. The molecule has 1 aromatic carbocycles. The second kappa shape index (κ2) is 5.61. The van der Waals surface area contributed by atoms with Crippen LogP contribution in [0.2, 0.25) is 0 Å². The van der Waals surface area contributed by atoms with Crippen molar-refractivity contribution in [2.24, 2.45) is 5.73 Å². The summed E-state index contributed by atoms with van der Waals surface area (Å²) in [6.45, 7) is 0. The van der Waals surface area contributed by atoms with Gasteiger partial charge in [-0.15, -0.1) is 0 Å². The number of pyridine rings is 1. The fraction of sp³-hybridized carbons (Fsp3) is 0. The van der Waals surface area contributed by atoms with Gasteiger partial charge in [-0.05, 0) is 36.4 Å². The van der Waals surface area contributed by atoms with Crippen LogP contribution >= 0.6 is 0 Å². The molecule has 0 bridgehead atoms. The largest absolute Gasteiger partial charge is 0.399 e. The SMILES string of the molecule is NC(=O)C=Cc1c[nH]c2nc(Nc3cccc(N)c3)ccc12. The number of aromatic nitrogens is 2. The molecule has 2 heterocycles. The normalized spacial score (nSPS) is 11.1. The molecule has 3 aromatic rings. The predicted octanol–water partition coefficient (Wildman–Crippen LogP) is 2.39. The van der Waals surface area contributed by atoms with Gasteiger partial charge in [0.1, 0.15) is 11.5 Å². The zero-order chi connectivity index (χ0) is 15.5. The maximum Gasteiger partial charge on any atom is 0.241 e. The summed E-state index contributed by atoms with van der Waals surface area (Å²) < 4.78 is 0. The van der Waals surface area contributed by atoms with E-state index in [1.807, 2.05) is 36.4 Å². The Hall–Kier alpha value is -3.28. The van der Waals surface area contributed by atoms with E-state index in [0.29, 0.717) is 11.5 Å². The van der Waals surface area contributed by atoms with Gasteiger partial charge in [-0.2, -0.15) is 0 Å². The fourth-order valence-corrected chi connectivity index (χ4v) is 2.17. The van der Waals surface area contributed by atoms with Crippen molar-refractivity contribution in [2.45, 2.75) is 0 Å². The van der Waals surface area contributed by atoms with Crippen LogP contribution < -0.4 is 16.8 Å². The first kappa shape index (κ1) is 13.7. The molecule has 0 saturated heterocycles. The van der Waals surface area contributed by atoms with Crippen molar-refractivity contribution in [3.05, 3.63) is 54.2 Å². The van der Waals surface area contributed by atoms with Gasteiger partial charge in [-0.25, -0.2) is 4.98 Å². The Morgan fingerprint density at radius 1 is 1.27 bits per heavy atom. The number of amides is 1. The lowest BCUT2D eigenvalue weighted by Crippen LogP contribution is -2.04. The number of hydrogen-bond acceptors (Lipinski definition) is 4. The predicted molar refractivity (Wildman–Crippen MR) is 88.5 cm³/mol. The molecule has 6 N–H and O–H groups in total. The van der Waals surface area contributed by atoms with Crippen LogP contribution in [0.3, 0.4) is 0 Å². The summed E-state index contributed by atoms with van der Waals surface area (Å²) in [5.74, 6) is 0.215. The van der Waals surface area contributed by atoms with Gasteiger partial charge >= 0.3 is 0 Å². The van der Waals surface area contributed by atoms with Crippen molar-refractivity contribution in [1.82, 2.24) is 9.97 Å². The molecular weight excluding hydrogens is 278 g/mol. The van der Waals surface area contributed by atoms with Crippen LogP contribution in [0.4, 0.5) is 17.2 Å². The third kappa shape index (κ3) is 2.90. The molecule has 1 amide bonds. The summed E-state index contributed by atoms with van der Waals surface area (Å²) in [6.07, 6.45) is 4.76. The van der Waals surface area contributed by atoms with Gasteiger partial charge in [0.15, 0.2) is 0 Å². The zero-order valence-electron chi connectivity index (χ0n) is 11.7. The average Bonchev–Trinajstić information content (AvgIpc) is 2.87. The van der Waals surface area contributed by atoms with Crippen LogP contribution in [0, 0.1) is 0 Å². The van der Waals surface area contributed by atoms with Crippen molar-refractivity contribution in [3.8, 4) is 0 Å². The molecule has 0 atom stereocenters. The Morgan fingerprint density at radius 3 is 2.91 bits per heavy atom. The quantitative estimate of drug-likeness (QED) is 0.437. The number of carbonyl (C=O) groups excluding carboxylic acids is 1. The van der Waals surface area contributed by atoms with Crippen LogP contribution in [0.15, 0.2) is 48.7 Å². The number of hydrogen-bond donors (Lipinski definition) is 4. The van der Waals surface area contributed by atoms with Crippen molar-refractivity contribution in [1.29, 1.82) is 0 Å². The minimum Gasteiger partial charge on any atom is -0.399 e. The van der Waals surface area contributed by atoms with Crippen molar-refractivity contribution in [2.75, 3.05) is 11.1 Å². The van der Waals surface area contributed by atoms with Crippen molar-refractivity contribution >= 4 is 40.2 Å². The van der Waals surface area contributed by atoms with Crippen LogP contribution in [0.1, 0.15) is 5.56 Å². The number of benzene rings is 1. The number of nitrogens with zero attached hydrogens (tertiary/aromatic N) is 1. The Balaban J connectivity index is 1.89. The highest BCUT2D eigenvalue weighted by atomic mass is 16.1. The van der Waals surface area contributed by atoms with E-state index in [1.165, 1.54) is 6.08 Å². The molecule has 0 fully saturated rings. The lowest BCUT2D eigenvalue weighted by molar-refractivity contribution is -0.113. The maximum atomic E-state index is 10.8. The first-order valence-electron chi connectivity index (χ1n) is 6.70. The summed E-state index contributed by atoms with van der Waals surface area (Å²) in [7, 11) is 0. The standard InChI is InChI=1S/C16H15N5O/c17-11-2-1-3-12(8-11)20-15-7-5-13-10(4-6-14(18)22)9-19-16(13)21-15/h1-9H,17H2,(H2,18,22)(H2,19,20,21). The lowest BCUT2D eigenvalue weighted by Gasteiger charge is -2.06. The number of aromatic amines is 1. The number of primary amides is 1. The maximum absolute atomic E-state index is 10.8. The van der Waals surface area contributed by atoms with Gasteiger partial charge in [-0.3, -0.25) is 4.79 Å². The summed E-state index contributed by atoms with van der Waals surface area (Å²) >= 11 is 0. The Bertz CT molecular complexity index is 866. The molecule has 22 heavy (non-hydrogen) atoms. The number of rotatable bonds is 4. The van der Waals surface area contributed by atoms with Gasteiger partial charge in [0.2, 0.25) is 5.91 Å². The smallest absolute Gasteiger partial charge is 0.241 e. The van der Waals surface area contributed by atoms with Gasteiger partial charge in [0, 0.05) is 34.6 Å². The van der Waals surface area contributed by atoms with Gasteiger partial charge < -0.3 is 21.8 Å². The summed E-state index contributed by atoms with van der Waals surface area (Å²) in [6, 6.07) is 11.2. The number of nitrogens with two attached hydrogens (primary N) is 2. The first-order chi connectivity index (χ1) is 10.6. The third-order valence-electron chi connectivity index (χ3n) is 3.16. The Labute approximate surface area is 126 Å². The van der Waals surface area contributed by atoms with E-state index in [-0.39, 0.29) is 0 Å². The first-order valence-corrected chi connectivity index (χ1v) is 6.70. The molecule has 110 valence electrons. The number of carbonyl (C=O) groups is 1. The lowest BCUT2D eigenvalue weighted by atomic mass is 10.2. The van der Waals surface area contributed by atoms with Gasteiger partial charge in [-0.1, -0.05) is 6.07 Å². The van der Waals surface area contributed by atoms with E-state index in [9.17, 15) is 4.79 Å². The molecule has 0 aliphatic carbocycles. The minimum absolute atomic E-state index is 0.484. The molecule has 6 heteroatoms. The molecule has 0 spiro atoms. The number of H-pyrrole nitrogens is 1. The third-order valence-corrected chi connectivity index (χ3v) is 3.16. The topological polar surface area (TPSA) is 110 Å². The molecule has 0 saturated carbocycles. The van der Waals surface area contributed by atoms with Crippen LogP contribution in [-0.2, 0) is 4.79 Å². The number of nitrogen functional groups attached to an aromatic ring is 1. The zero-order valence-corrected chi connectivity index (χ0v) is 11.7. The molecule has 2 aromatic heterocycles. The number of nitrogens with one attached hydrogen (secondary N) is 2. The van der Waals surface area contributed by atoms with E-state index in [2.05, 4.69) is 15.3 Å². The molecule has 0 radical (unpaired) electrons. The van der Waals surface area contributed by atoms with Crippen LogP contribution in [0.25, 0.3) is 17.1 Å². The van der Waals surface area contributed by atoms with E-state index in [0.717, 1.165) is 22.3 Å². The molecular formula is C16H15N5O. The molecule has 0 aliphatic rings. The van der Waals surface area contributed by atoms with E-state index in [1.54, 1.807) is 12.3 Å². The molecule has 3 rings (SSSR count). The van der Waals surface area contributed by atoms with E-state index < -0.39 is 5.91 Å². The highest BCUT2D eigenvalue weighted by Crippen LogP contribution is 2.22. The van der Waals surface area contributed by atoms with Crippen molar-refractivity contribution < 1.29 is 4.79 Å². The monoisotopic (exact) mass is 293 g/mol. The Morgan fingerprint density at radius 2 is 2.14 bits per heavy atom. The van der Waals surface area contributed by atoms with Crippen LogP contribution in [-0.4, -0.2) is 15.9 Å². The van der Waals surface area contributed by atoms with Gasteiger partial charge in [0.25, 0.3) is 0 Å². The second-order valence-electron chi connectivity index (χ2n) is 4.82. The van der Waals surface area contributed by atoms with Gasteiger partial charge in [0.05, 0.1) is 0 Å². The van der Waals surface area contributed by atoms with Crippen LogP contribution in [0.5, 0.6) is 0 Å². The molecule has 0 aliphatic heterocycles. The summed E-state index contributed by atoms with van der Waals surface area (Å²) in [5.41, 5.74) is 14.0.